The molecule has 0 spiro atoms. The normalized spacial score (nSPS) is 12.9. The van der Waals surface area contributed by atoms with Gasteiger partial charge in [-0.15, -0.1) is 0 Å². The van der Waals surface area contributed by atoms with Gasteiger partial charge in [0.05, 0.1) is 5.60 Å². The molecule has 6 heteroatoms. The molecule has 0 aliphatic rings. The number of ether oxygens (including phenoxy) is 1. The molecule has 0 radical (unpaired) electrons. The third-order valence-electron chi connectivity index (χ3n) is 2.34. The highest BCUT2D eigenvalue weighted by molar-refractivity contribution is 5.74. The maximum absolute atomic E-state index is 11.5. The molecule has 106 valence electrons. The van der Waals surface area contributed by atoms with Crippen LogP contribution in [-0.4, -0.2) is 42.4 Å². The molecule has 18 heavy (non-hydrogen) atoms. The molecule has 1 unspecified atom stereocenters. The lowest BCUT2D eigenvalue weighted by Gasteiger charge is -2.25. The van der Waals surface area contributed by atoms with Crippen molar-refractivity contribution in [1.82, 2.24) is 10.6 Å². The highest BCUT2D eigenvalue weighted by Crippen LogP contribution is 2.06. The van der Waals surface area contributed by atoms with E-state index in [4.69, 9.17) is 9.84 Å². The lowest BCUT2D eigenvalue weighted by Crippen LogP contribution is -2.45. The van der Waals surface area contributed by atoms with Crippen molar-refractivity contribution in [2.24, 2.45) is 5.92 Å². The number of nitrogens with one attached hydrogen (secondary N) is 2. The molecule has 0 bridgehead atoms. The summed E-state index contributed by atoms with van der Waals surface area (Å²) in [5.74, 6) is -0.949. The van der Waals surface area contributed by atoms with Gasteiger partial charge in [0.25, 0.3) is 0 Å². The molecule has 3 N–H and O–H groups in total. The number of hydrogen-bond donors (Lipinski definition) is 3. The van der Waals surface area contributed by atoms with Crippen LogP contribution in [0.4, 0.5) is 4.79 Å². The molecule has 0 aliphatic carbocycles. The standard InChI is InChI=1S/C12H24N2O4/c1-5-18-12(3,4)8-14-11(17)13-7-9(2)6-10(15)16/h9H,5-8H2,1-4H3,(H,15,16)(H2,13,14,17). The Morgan fingerprint density at radius 2 is 1.94 bits per heavy atom. The van der Waals surface area contributed by atoms with E-state index < -0.39 is 11.6 Å². The molecule has 0 fully saturated rings. The minimum Gasteiger partial charge on any atom is -0.481 e. The Morgan fingerprint density at radius 1 is 1.33 bits per heavy atom. The number of carbonyl (C=O) groups excluding carboxylic acids is 1. The van der Waals surface area contributed by atoms with E-state index in [1.165, 1.54) is 0 Å². The average Bonchev–Trinajstić information content (AvgIpc) is 2.22. The number of urea groups is 1. The highest BCUT2D eigenvalue weighted by atomic mass is 16.5. The van der Waals surface area contributed by atoms with Crippen molar-refractivity contribution in [2.45, 2.75) is 39.7 Å². The quantitative estimate of drug-likeness (QED) is 0.612. The average molecular weight is 260 g/mol. The molecule has 0 aromatic heterocycles. The first-order valence-electron chi connectivity index (χ1n) is 6.14. The molecule has 1 atom stereocenters. The predicted octanol–water partition coefficient (Wildman–Crippen LogP) is 1.21. The first-order chi connectivity index (χ1) is 8.26. The lowest BCUT2D eigenvalue weighted by atomic mass is 10.1. The van der Waals surface area contributed by atoms with E-state index in [0.717, 1.165) is 0 Å². The van der Waals surface area contributed by atoms with Crippen LogP contribution in [0.15, 0.2) is 0 Å². The molecule has 6 nitrogen and oxygen atoms in total. The van der Waals surface area contributed by atoms with Crippen molar-refractivity contribution >= 4 is 12.0 Å². The minimum atomic E-state index is -0.859. The second-order valence-corrected chi connectivity index (χ2v) is 4.96. The van der Waals surface area contributed by atoms with Crippen LogP contribution >= 0.6 is 0 Å². The van der Waals surface area contributed by atoms with Crippen LogP contribution in [0.25, 0.3) is 0 Å². The van der Waals surface area contributed by atoms with Crippen molar-refractivity contribution in [3.8, 4) is 0 Å². The molecular weight excluding hydrogens is 236 g/mol. The molecule has 0 saturated carbocycles. The molecule has 0 aromatic rings. The maximum atomic E-state index is 11.5. The third-order valence-corrected chi connectivity index (χ3v) is 2.34. The van der Waals surface area contributed by atoms with E-state index in [9.17, 15) is 9.59 Å². The number of rotatable bonds is 8. The zero-order valence-corrected chi connectivity index (χ0v) is 11.6. The van der Waals surface area contributed by atoms with Crippen LogP contribution in [0, 0.1) is 5.92 Å². The summed E-state index contributed by atoms with van der Waals surface area (Å²) in [5.41, 5.74) is -0.404. The van der Waals surface area contributed by atoms with Crippen LogP contribution in [0.5, 0.6) is 0 Å². The van der Waals surface area contributed by atoms with Crippen LogP contribution < -0.4 is 10.6 Å². The van der Waals surface area contributed by atoms with E-state index in [0.29, 0.717) is 19.7 Å². The van der Waals surface area contributed by atoms with Crippen LogP contribution in [0.2, 0.25) is 0 Å². The summed E-state index contributed by atoms with van der Waals surface area (Å²) in [6.07, 6.45) is 0.0463. The highest BCUT2D eigenvalue weighted by Gasteiger charge is 2.18. The Balaban J connectivity index is 3.81. The van der Waals surface area contributed by atoms with Gasteiger partial charge in [-0.05, 0) is 26.7 Å². The fourth-order valence-electron chi connectivity index (χ4n) is 1.43. The fourth-order valence-corrected chi connectivity index (χ4v) is 1.43. The maximum Gasteiger partial charge on any atom is 0.314 e. The zero-order valence-electron chi connectivity index (χ0n) is 11.6. The van der Waals surface area contributed by atoms with Crippen LogP contribution in [0.1, 0.15) is 34.1 Å². The van der Waals surface area contributed by atoms with Crippen molar-refractivity contribution < 1.29 is 19.4 Å². The molecule has 0 heterocycles. The summed E-state index contributed by atoms with van der Waals surface area (Å²) in [4.78, 5) is 21.9. The van der Waals surface area contributed by atoms with E-state index in [1.807, 2.05) is 20.8 Å². The second-order valence-electron chi connectivity index (χ2n) is 4.96. The third kappa shape index (κ3) is 8.81. The van der Waals surface area contributed by atoms with Gasteiger partial charge in [-0.25, -0.2) is 4.79 Å². The van der Waals surface area contributed by atoms with Gasteiger partial charge in [-0.3, -0.25) is 4.79 Å². The van der Waals surface area contributed by atoms with Crippen LogP contribution in [0.3, 0.4) is 0 Å². The van der Waals surface area contributed by atoms with E-state index in [2.05, 4.69) is 10.6 Å². The van der Waals surface area contributed by atoms with Crippen molar-refractivity contribution in [1.29, 1.82) is 0 Å². The number of carboxylic acid groups (broad SMARTS) is 1. The van der Waals surface area contributed by atoms with Gasteiger partial charge < -0.3 is 20.5 Å². The zero-order chi connectivity index (χ0) is 14.2. The Labute approximate surface area is 108 Å². The monoisotopic (exact) mass is 260 g/mol. The molecular formula is C12H24N2O4. The Hall–Kier alpha value is -1.30. The van der Waals surface area contributed by atoms with Crippen molar-refractivity contribution in [3.05, 3.63) is 0 Å². The molecule has 2 amide bonds. The first-order valence-corrected chi connectivity index (χ1v) is 6.14. The molecule has 0 saturated heterocycles. The van der Waals surface area contributed by atoms with Gasteiger partial charge in [0.15, 0.2) is 0 Å². The number of hydrogen-bond acceptors (Lipinski definition) is 3. The van der Waals surface area contributed by atoms with E-state index >= 15 is 0 Å². The largest absolute Gasteiger partial charge is 0.481 e. The van der Waals surface area contributed by atoms with E-state index in [1.54, 1.807) is 6.92 Å². The second kappa shape index (κ2) is 7.92. The number of aliphatic carboxylic acids is 1. The van der Waals surface area contributed by atoms with Crippen LogP contribution in [-0.2, 0) is 9.53 Å². The van der Waals surface area contributed by atoms with Gasteiger partial charge in [0.1, 0.15) is 0 Å². The Kier molecular flexibility index (Phi) is 7.35. The van der Waals surface area contributed by atoms with Gasteiger partial charge >= 0.3 is 12.0 Å². The SMILES string of the molecule is CCOC(C)(C)CNC(=O)NCC(C)CC(=O)O. The predicted molar refractivity (Wildman–Crippen MR) is 68.5 cm³/mol. The summed E-state index contributed by atoms with van der Waals surface area (Å²) < 4.78 is 5.44. The van der Waals surface area contributed by atoms with E-state index in [-0.39, 0.29) is 18.4 Å². The summed E-state index contributed by atoms with van der Waals surface area (Å²) >= 11 is 0. The number of carbonyl (C=O) groups is 2. The van der Waals surface area contributed by atoms with Gasteiger partial charge in [0, 0.05) is 26.1 Å². The van der Waals surface area contributed by atoms with Gasteiger partial charge in [-0.2, -0.15) is 0 Å². The molecule has 0 aliphatic heterocycles. The summed E-state index contributed by atoms with van der Waals surface area (Å²) in [7, 11) is 0. The Morgan fingerprint density at radius 3 is 2.44 bits per heavy atom. The minimum absolute atomic E-state index is 0.0463. The summed E-state index contributed by atoms with van der Waals surface area (Å²) in [6.45, 7) is 8.79. The topological polar surface area (TPSA) is 87.7 Å². The molecule has 0 rings (SSSR count). The molecule has 0 aromatic carbocycles. The van der Waals surface area contributed by atoms with Gasteiger partial charge in [0.2, 0.25) is 0 Å². The fraction of sp³-hybridized carbons (Fsp3) is 0.833. The summed E-state index contributed by atoms with van der Waals surface area (Å²) in [6, 6.07) is -0.306. The first kappa shape index (κ1) is 16.7. The summed E-state index contributed by atoms with van der Waals surface area (Å²) in [5, 5.41) is 13.9. The number of carboxylic acids is 1. The van der Waals surface area contributed by atoms with Gasteiger partial charge in [-0.1, -0.05) is 6.92 Å². The Bertz CT molecular complexity index is 279. The van der Waals surface area contributed by atoms with Crippen molar-refractivity contribution in [3.63, 3.8) is 0 Å². The smallest absolute Gasteiger partial charge is 0.314 e. The lowest BCUT2D eigenvalue weighted by molar-refractivity contribution is -0.137. The van der Waals surface area contributed by atoms with Crippen molar-refractivity contribution in [2.75, 3.05) is 19.7 Å². The number of amides is 2.